The Morgan fingerprint density at radius 3 is 2.16 bits per heavy atom. The van der Waals surface area contributed by atoms with Crippen molar-refractivity contribution in [3.8, 4) is 0 Å². The van der Waals surface area contributed by atoms with Gasteiger partial charge in [-0.25, -0.2) is 0 Å². The maximum atomic E-state index is 11.7. The second-order valence-corrected chi connectivity index (χ2v) is 16.0. The Balaban J connectivity index is 1.72. The first-order valence-electron chi connectivity index (χ1n) is 12.4. The summed E-state index contributed by atoms with van der Waals surface area (Å²) in [5.74, 6) is -0.219. The second-order valence-electron chi connectivity index (χ2n) is 10.7. The van der Waals surface area contributed by atoms with Crippen molar-refractivity contribution in [3.63, 3.8) is 0 Å². The summed E-state index contributed by atoms with van der Waals surface area (Å²) in [4.78, 5) is 11.7. The van der Waals surface area contributed by atoms with E-state index < -0.39 is 8.07 Å². The van der Waals surface area contributed by atoms with Crippen molar-refractivity contribution in [1.29, 1.82) is 0 Å². The third kappa shape index (κ3) is 8.27. The predicted molar refractivity (Wildman–Crippen MR) is 137 cm³/mol. The van der Waals surface area contributed by atoms with E-state index in [1.54, 1.807) is 0 Å². The first-order valence-corrected chi connectivity index (χ1v) is 15.4. The van der Waals surface area contributed by atoms with Crippen LogP contribution in [0.3, 0.4) is 0 Å². The Kier molecular flexibility index (Phi) is 10.3. The van der Waals surface area contributed by atoms with Gasteiger partial charge in [0, 0.05) is 12.5 Å². The molecule has 0 saturated carbocycles. The normalized spacial score (nSPS) is 13.2. The monoisotopic (exact) mass is 456 g/mol. The summed E-state index contributed by atoms with van der Waals surface area (Å²) in [5.41, 5.74) is 2.46. The zero-order chi connectivity index (χ0) is 23.6. The molecule has 1 aromatic carbocycles. The van der Waals surface area contributed by atoms with Crippen LogP contribution in [0.25, 0.3) is 0 Å². The number of unbranched alkanes of at least 4 members (excludes halogenated alkanes) is 6. The van der Waals surface area contributed by atoms with E-state index in [1.807, 2.05) is 6.26 Å². The van der Waals surface area contributed by atoms with Gasteiger partial charge in [-0.1, -0.05) is 96.3 Å². The summed E-state index contributed by atoms with van der Waals surface area (Å²) in [7, 11) is -1.73. The Hall–Kier alpha value is -1.81. The molecule has 1 heterocycles. The van der Waals surface area contributed by atoms with E-state index in [-0.39, 0.29) is 17.1 Å². The zero-order valence-electron chi connectivity index (χ0n) is 21.2. The maximum Gasteiger partial charge on any atom is 0.303 e. The van der Waals surface area contributed by atoms with Gasteiger partial charge < -0.3 is 9.15 Å². The largest absolute Gasteiger partial charge is 0.474 e. The summed E-state index contributed by atoms with van der Waals surface area (Å²) in [6.45, 7) is 13.0. The number of benzene rings is 1. The number of esters is 1. The van der Waals surface area contributed by atoms with Crippen LogP contribution >= 0.6 is 0 Å². The smallest absolute Gasteiger partial charge is 0.303 e. The van der Waals surface area contributed by atoms with Crippen molar-refractivity contribution in [2.75, 3.05) is 0 Å². The lowest BCUT2D eigenvalue weighted by Crippen LogP contribution is -2.48. The fourth-order valence-corrected chi connectivity index (χ4v) is 5.52. The van der Waals surface area contributed by atoms with Gasteiger partial charge in [-0.05, 0) is 42.4 Å². The number of ether oxygens (including phenoxy) is 1. The standard InChI is InChI=1S/C28H44O3Si/c1-23(29)31-26(25-21-27(30-22-25)32(5,6)28(2,3)4)20-16-11-9-7-8-10-13-17-24-18-14-12-15-19-24/h12,14-15,18-19,21-22,26H,7-11,13,16-17,20H2,1-6H3. The van der Waals surface area contributed by atoms with E-state index >= 15 is 0 Å². The summed E-state index contributed by atoms with van der Waals surface area (Å²) in [6.07, 6.45) is 12.3. The topological polar surface area (TPSA) is 39.4 Å². The van der Waals surface area contributed by atoms with Crippen LogP contribution in [0.2, 0.25) is 18.1 Å². The first kappa shape index (κ1) is 26.4. The first-order chi connectivity index (χ1) is 15.1. The lowest BCUT2D eigenvalue weighted by Gasteiger charge is -2.34. The molecule has 0 amide bonds. The molecule has 32 heavy (non-hydrogen) atoms. The van der Waals surface area contributed by atoms with Crippen molar-refractivity contribution in [1.82, 2.24) is 0 Å². The molecule has 2 rings (SSSR count). The fraction of sp³-hybridized carbons (Fsp3) is 0.607. The van der Waals surface area contributed by atoms with Crippen molar-refractivity contribution in [2.45, 2.75) is 110 Å². The summed E-state index contributed by atoms with van der Waals surface area (Å²) in [6, 6.07) is 12.9. The van der Waals surface area contributed by atoms with Gasteiger partial charge in [-0.3, -0.25) is 4.79 Å². The molecule has 0 spiro atoms. The van der Waals surface area contributed by atoms with E-state index in [4.69, 9.17) is 9.15 Å². The van der Waals surface area contributed by atoms with Gasteiger partial charge in [0.1, 0.15) is 14.2 Å². The van der Waals surface area contributed by atoms with Gasteiger partial charge in [-0.2, -0.15) is 0 Å². The molecule has 0 saturated heterocycles. The van der Waals surface area contributed by atoms with Crippen LogP contribution in [0.5, 0.6) is 0 Å². The van der Waals surface area contributed by atoms with Crippen molar-refractivity contribution < 1.29 is 13.9 Å². The number of aryl methyl sites for hydroxylation is 1. The molecule has 0 N–H and O–H groups in total. The highest BCUT2D eigenvalue weighted by Crippen LogP contribution is 2.36. The summed E-state index contributed by atoms with van der Waals surface area (Å²) >= 11 is 0. The number of furan rings is 1. The van der Waals surface area contributed by atoms with Gasteiger partial charge in [0.2, 0.25) is 0 Å². The summed E-state index contributed by atoms with van der Waals surface area (Å²) in [5, 5.41) is 1.30. The van der Waals surface area contributed by atoms with E-state index in [2.05, 4.69) is 70.3 Å². The fourth-order valence-electron chi connectivity index (χ4n) is 3.90. The zero-order valence-corrected chi connectivity index (χ0v) is 22.2. The second kappa shape index (κ2) is 12.4. The molecule has 2 aromatic rings. The Morgan fingerprint density at radius 1 is 0.969 bits per heavy atom. The number of rotatable bonds is 13. The highest BCUT2D eigenvalue weighted by Gasteiger charge is 2.40. The molecule has 0 fully saturated rings. The van der Waals surface area contributed by atoms with E-state index in [0.717, 1.165) is 23.8 Å². The highest BCUT2D eigenvalue weighted by atomic mass is 28.3. The van der Waals surface area contributed by atoms with Crippen LogP contribution < -0.4 is 5.38 Å². The minimum absolute atomic E-state index is 0.194. The van der Waals surface area contributed by atoms with E-state index in [9.17, 15) is 4.79 Å². The molecule has 1 aromatic heterocycles. The minimum atomic E-state index is -1.73. The van der Waals surface area contributed by atoms with Gasteiger partial charge in [0.25, 0.3) is 0 Å². The van der Waals surface area contributed by atoms with Crippen LogP contribution in [-0.4, -0.2) is 14.0 Å². The van der Waals surface area contributed by atoms with Crippen molar-refractivity contribution in [3.05, 3.63) is 53.8 Å². The molecule has 0 bridgehead atoms. The third-order valence-corrected chi connectivity index (χ3v) is 12.3. The lowest BCUT2D eigenvalue weighted by molar-refractivity contribution is -0.147. The SMILES string of the molecule is CC(=O)OC(CCCCCCCCCc1ccccc1)c1coc([Si](C)(C)C(C)(C)C)c1. The Labute approximate surface area is 197 Å². The van der Waals surface area contributed by atoms with Crippen molar-refractivity contribution >= 4 is 19.4 Å². The molecule has 1 atom stereocenters. The average Bonchev–Trinajstić information content (AvgIpc) is 3.22. The molecule has 0 radical (unpaired) electrons. The number of carbonyl (C=O) groups is 1. The van der Waals surface area contributed by atoms with Gasteiger partial charge >= 0.3 is 5.97 Å². The Bertz CT molecular complexity index is 802. The molecule has 3 nitrogen and oxygen atoms in total. The molecule has 0 aliphatic heterocycles. The quantitative estimate of drug-likeness (QED) is 0.174. The Morgan fingerprint density at radius 2 is 1.56 bits per heavy atom. The van der Waals surface area contributed by atoms with Crippen molar-refractivity contribution in [2.24, 2.45) is 0 Å². The number of hydrogen-bond acceptors (Lipinski definition) is 3. The van der Waals surface area contributed by atoms with E-state index in [1.165, 1.54) is 57.4 Å². The molecule has 0 aliphatic carbocycles. The maximum absolute atomic E-state index is 11.7. The molecule has 0 aliphatic rings. The lowest BCUT2D eigenvalue weighted by atomic mass is 10.0. The molecule has 4 heteroatoms. The van der Waals surface area contributed by atoms with Crippen LogP contribution in [0.1, 0.15) is 96.3 Å². The van der Waals surface area contributed by atoms with E-state index in [0.29, 0.717) is 0 Å². The molecule has 1 unspecified atom stereocenters. The predicted octanol–water partition coefficient (Wildman–Crippen LogP) is 7.96. The molecule has 178 valence electrons. The third-order valence-electron chi connectivity index (χ3n) is 7.07. The average molecular weight is 457 g/mol. The van der Waals surface area contributed by atoms with Crippen LogP contribution in [0.4, 0.5) is 0 Å². The van der Waals surface area contributed by atoms with Gasteiger partial charge in [0.15, 0.2) is 0 Å². The van der Waals surface area contributed by atoms with Gasteiger partial charge in [0.05, 0.1) is 11.6 Å². The number of hydrogen-bond donors (Lipinski definition) is 0. The molecular formula is C28H44O3Si. The van der Waals surface area contributed by atoms with Gasteiger partial charge in [-0.15, -0.1) is 0 Å². The van der Waals surface area contributed by atoms with Crippen LogP contribution in [0.15, 0.2) is 47.1 Å². The highest BCUT2D eigenvalue weighted by molar-refractivity contribution is 6.91. The number of carbonyl (C=O) groups excluding carboxylic acids is 1. The van der Waals surface area contributed by atoms with Crippen LogP contribution in [-0.2, 0) is 16.0 Å². The molecular weight excluding hydrogens is 412 g/mol. The van der Waals surface area contributed by atoms with Crippen LogP contribution in [0, 0.1) is 0 Å². The minimum Gasteiger partial charge on any atom is -0.474 e. The summed E-state index contributed by atoms with van der Waals surface area (Å²) < 4.78 is 11.7.